The zero-order chi connectivity index (χ0) is 12.4. The van der Waals surface area contributed by atoms with Crippen molar-refractivity contribution in [3.63, 3.8) is 0 Å². The third-order valence-electron chi connectivity index (χ3n) is 2.64. The smallest absolute Gasteiger partial charge is 0.417 e. The molecule has 1 heterocycles. The standard InChI is InChI=1S/C14H11NO3/c16-14-15-12-8-11(6-7-13(12)18-14)17-9-10-4-2-1-3-5-10/h1-8H,9H2,(H,15,16). The normalized spacial score (nSPS) is 10.7. The van der Waals surface area contributed by atoms with Crippen molar-refractivity contribution < 1.29 is 9.15 Å². The maximum atomic E-state index is 11.0. The van der Waals surface area contributed by atoms with Crippen LogP contribution in [0.3, 0.4) is 0 Å². The van der Waals surface area contributed by atoms with E-state index in [9.17, 15) is 4.79 Å². The number of fused-ring (bicyclic) bond motifs is 1. The molecule has 0 fully saturated rings. The second-order valence-corrected chi connectivity index (χ2v) is 3.95. The Morgan fingerprint density at radius 1 is 1.11 bits per heavy atom. The largest absolute Gasteiger partial charge is 0.489 e. The average molecular weight is 241 g/mol. The van der Waals surface area contributed by atoms with E-state index < -0.39 is 5.76 Å². The zero-order valence-electron chi connectivity index (χ0n) is 9.55. The van der Waals surface area contributed by atoms with Gasteiger partial charge >= 0.3 is 5.76 Å². The molecule has 0 radical (unpaired) electrons. The summed E-state index contributed by atoms with van der Waals surface area (Å²) in [6, 6.07) is 15.1. The number of aromatic nitrogens is 1. The first-order valence-corrected chi connectivity index (χ1v) is 5.61. The van der Waals surface area contributed by atoms with Gasteiger partial charge in [-0.25, -0.2) is 4.79 Å². The number of oxazole rings is 1. The van der Waals surface area contributed by atoms with Gasteiger partial charge in [-0.15, -0.1) is 0 Å². The van der Waals surface area contributed by atoms with Crippen molar-refractivity contribution in [2.45, 2.75) is 6.61 Å². The molecule has 3 aromatic rings. The lowest BCUT2D eigenvalue weighted by Gasteiger charge is -2.05. The Hall–Kier alpha value is -2.49. The van der Waals surface area contributed by atoms with Crippen LogP contribution < -0.4 is 10.5 Å². The minimum Gasteiger partial charge on any atom is -0.489 e. The molecule has 0 saturated carbocycles. The summed E-state index contributed by atoms with van der Waals surface area (Å²) in [5.41, 5.74) is 2.27. The zero-order valence-corrected chi connectivity index (χ0v) is 9.55. The van der Waals surface area contributed by atoms with Crippen LogP contribution in [0.1, 0.15) is 5.56 Å². The molecule has 0 unspecified atom stereocenters. The highest BCUT2D eigenvalue weighted by Crippen LogP contribution is 2.19. The number of rotatable bonds is 3. The predicted molar refractivity (Wildman–Crippen MR) is 67.6 cm³/mol. The lowest BCUT2D eigenvalue weighted by atomic mass is 10.2. The summed E-state index contributed by atoms with van der Waals surface area (Å²) in [7, 11) is 0. The van der Waals surface area contributed by atoms with E-state index >= 15 is 0 Å². The van der Waals surface area contributed by atoms with Crippen LogP contribution >= 0.6 is 0 Å². The van der Waals surface area contributed by atoms with E-state index in [0.29, 0.717) is 23.5 Å². The molecule has 0 spiro atoms. The molecule has 1 aromatic heterocycles. The number of benzene rings is 2. The van der Waals surface area contributed by atoms with Gasteiger partial charge in [-0.1, -0.05) is 30.3 Å². The molecule has 0 atom stereocenters. The summed E-state index contributed by atoms with van der Waals surface area (Å²) in [6.07, 6.45) is 0. The summed E-state index contributed by atoms with van der Waals surface area (Å²) in [6.45, 7) is 0.494. The van der Waals surface area contributed by atoms with Crippen molar-refractivity contribution >= 4 is 11.1 Å². The second kappa shape index (κ2) is 4.41. The second-order valence-electron chi connectivity index (χ2n) is 3.95. The molecule has 0 bridgehead atoms. The van der Waals surface area contributed by atoms with E-state index in [2.05, 4.69) is 4.98 Å². The molecule has 0 saturated heterocycles. The van der Waals surface area contributed by atoms with Crippen LogP contribution in [-0.4, -0.2) is 4.98 Å². The molecule has 4 nitrogen and oxygen atoms in total. The van der Waals surface area contributed by atoms with Crippen LogP contribution in [0.15, 0.2) is 57.7 Å². The first-order chi connectivity index (χ1) is 8.81. The molecule has 1 N–H and O–H groups in total. The van der Waals surface area contributed by atoms with Gasteiger partial charge in [0.1, 0.15) is 12.4 Å². The van der Waals surface area contributed by atoms with Crippen molar-refractivity contribution in [3.05, 3.63) is 64.6 Å². The Labute approximate surface area is 103 Å². The summed E-state index contributed by atoms with van der Waals surface area (Å²) in [5.74, 6) is 0.244. The van der Waals surface area contributed by atoms with Crippen LogP contribution in [0.4, 0.5) is 0 Å². The van der Waals surface area contributed by atoms with Crippen molar-refractivity contribution in [1.29, 1.82) is 0 Å². The number of aromatic amines is 1. The minimum absolute atomic E-state index is 0.454. The third kappa shape index (κ3) is 2.13. The number of hydrogen-bond donors (Lipinski definition) is 1. The molecule has 0 aliphatic carbocycles. The molecule has 0 aliphatic rings. The van der Waals surface area contributed by atoms with Gasteiger partial charge in [0, 0.05) is 6.07 Å². The lowest BCUT2D eigenvalue weighted by molar-refractivity contribution is 0.306. The SMILES string of the molecule is O=c1[nH]c2cc(OCc3ccccc3)ccc2o1. The maximum absolute atomic E-state index is 11.0. The molecule has 0 aliphatic heterocycles. The fourth-order valence-electron chi connectivity index (χ4n) is 1.76. The summed E-state index contributed by atoms with van der Waals surface area (Å²) >= 11 is 0. The molecule has 0 amide bonds. The summed E-state index contributed by atoms with van der Waals surface area (Å²) < 4.78 is 10.6. The Kier molecular flexibility index (Phi) is 2.61. The van der Waals surface area contributed by atoms with E-state index in [1.165, 1.54) is 0 Å². The predicted octanol–water partition coefficient (Wildman–Crippen LogP) is 2.70. The fourth-order valence-corrected chi connectivity index (χ4v) is 1.76. The Balaban J connectivity index is 1.80. The van der Waals surface area contributed by atoms with Crippen molar-refractivity contribution in [2.24, 2.45) is 0 Å². The Morgan fingerprint density at radius 3 is 2.78 bits per heavy atom. The monoisotopic (exact) mass is 241 g/mol. The van der Waals surface area contributed by atoms with Gasteiger partial charge < -0.3 is 9.15 Å². The Morgan fingerprint density at radius 2 is 1.94 bits per heavy atom. The minimum atomic E-state index is -0.454. The highest BCUT2D eigenvalue weighted by atomic mass is 16.5. The van der Waals surface area contributed by atoms with Gasteiger partial charge in [-0.2, -0.15) is 0 Å². The lowest BCUT2D eigenvalue weighted by Crippen LogP contribution is -1.95. The van der Waals surface area contributed by atoms with E-state index in [1.54, 1.807) is 18.2 Å². The van der Waals surface area contributed by atoms with Crippen LogP contribution in [0, 0.1) is 0 Å². The van der Waals surface area contributed by atoms with E-state index in [4.69, 9.17) is 9.15 Å². The molecule has 4 heteroatoms. The van der Waals surface area contributed by atoms with Crippen molar-refractivity contribution in [2.75, 3.05) is 0 Å². The molecular weight excluding hydrogens is 230 g/mol. The quantitative estimate of drug-likeness (QED) is 0.767. The molecule has 90 valence electrons. The topological polar surface area (TPSA) is 55.2 Å². The summed E-state index contributed by atoms with van der Waals surface area (Å²) in [5, 5.41) is 0. The molecule has 18 heavy (non-hydrogen) atoms. The van der Waals surface area contributed by atoms with Crippen LogP contribution in [-0.2, 0) is 6.61 Å². The van der Waals surface area contributed by atoms with Crippen LogP contribution in [0.5, 0.6) is 5.75 Å². The van der Waals surface area contributed by atoms with Gasteiger partial charge in [-0.05, 0) is 17.7 Å². The van der Waals surface area contributed by atoms with E-state index in [1.807, 2.05) is 30.3 Å². The van der Waals surface area contributed by atoms with E-state index in [-0.39, 0.29) is 0 Å². The van der Waals surface area contributed by atoms with Gasteiger partial charge in [-0.3, -0.25) is 4.98 Å². The maximum Gasteiger partial charge on any atom is 0.417 e. The summed E-state index contributed by atoms with van der Waals surface area (Å²) in [4.78, 5) is 13.6. The van der Waals surface area contributed by atoms with E-state index in [0.717, 1.165) is 5.56 Å². The fraction of sp³-hybridized carbons (Fsp3) is 0.0714. The molecule has 3 rings (SSSR count). The molecule has 2 aromatic carbocycles. The van der Waals surface area contributed by atoms with Crippen molar-refractivity contribution in [1.82, 2.24) is 4.98 Å². The number of hydrogen-bond acceptors (Lipinski definition) is 3. The van der Waals surface area contributed by atoms with Crippen LogP contribution in [0.25, 0.3) is 11.1 Å². The molecular formula is C14H11NO3. The van der Waals surface area contributed by atoms with Gasteiger partial charge in [0.2, 0.25) is 0 Å². The van der Waals surface area contributed by atoms with Gasteiger partial charge in [0.15, 0.2) is 5.58 Å². The number of H-pyrrole nitrogens is 1. The third-order valence-corrected chi connectivity index (χ3v) is 2.64. The highest BCUT2D eigenvalue weighted by molar-refractivity contribution is 5.73. The first kappa shape index (κ1) is 10.7. The van der Waals surface area contributed by atoms with Gasteiger partial charge in [0.05, 0.1) is 5.52 Å². The van der Waals surface area contributed by atoms with Crippen LogP contribution in [0.2, 0.25) is 0 Å². The highest BCUT2D eigenvalue weighted by Gasteiger charge is 2.02. The Bertz CT molecular complexity index is 712. The van der Waals surface area contributed by atoms with Crippen molar-refractivity contribution in [3.8, 4) is 5.75 Å². The average Bonchev–Trinajstić information content (AvgIpc) is 2.77. The number of nitrogens with one attached hydrogen (secondary N) is 1. The first-order valence-electron chi connectivity index (χ1n) is 5.61. The number of ether oxygens (including phenoxy) is 1. The van der Waals surface area contributed by atoms with Gasteiger partial charge in [0.25, 0.3) is 0 Å².